The lowest BCUT2D eigenvalue weighted by atomic mass is 10.2. The van der Waals surface area contributed by atoms with Crippen LogP contribution in [-0.2, 0) is 6.42 Å². The molecule has 0 aliphatic carbocycles. The summed E-state index contributed by atoms with van der Waals surface area (Å²) in [6.45, 7) is 4.41. The Morgan fingerprint density at radius 2 is 2.11 bits per heavy atom. The molecule has 0 aromatic carbocycles. The summed E-state index contributed by atoms with van der Waals surface area (Å²) in [5.74, 6) is 0. The van der Waals surface area contributed by atoms with Crippen LogP contribution in [0.4, 0.5) is 10.3 Å². The predicted octanol–water partition coefficient (Wildman–Crippen LogP) is 3.01. The number of anilines is 2. The van der Waals surface area contributed by atoms with Crippen molar-refractivity contribution in [3.63, 3.8) is 0 Å². The molecule has 6 heteroatoms. The Balaban J connectivity index is 1.98. The number of aryl methyl sites for hydroxylation is 1. The standard InChI is InChI=1S/C12H16N4S2/c1-2-8-10(9-7-17-11(13)14-9)18-12(15-8)16-5-3-4-6-16/h7H,2-6H2,1H3,(H2,13,14). The van der Waals surface area contributed by atoms with E-state index in [9.17, 15) is 0 Å². The number of thiazole rings is 2. The molecule has 0 atom stereocenters. The molecule has 0 spiro atoms. The Kier molecular flexibility index (Phi) is 3.22. The van der Waals surface area contributed by atoms with Crippen molar-refractivity contribution in [1.29, 1.82) is 0 Å². The van der Waals surface area contributed by atoms with E-state index in [1.165, 1.54) is 29.1 Å². The maximum absolute atomic E-state index is 5.72. The van der Waals surface area contributed by atoms with Gasteiger partial charge in [-0.15, -0.1) is 11.3 Å². The molecule has 3 rings (SSSR count). The summed E-state index contributed by atoms with van der Waals surface area (Å²) in [4.78, 5) is 12.7. The summed E-state index contributed by atoms with van der Waals surface area (Å²) in [6.07, 6.45) is 3.50. The maximum atomic E-state index is 5.72. The molecule has 0 amide bonds. The number of hydrogen-bond donors (Lipinski definition) is 1. The second-order valence-electron chi connectivity index (χ2n) is 4.39. The molecule has 2 N–H and O–H groups in total. The lowest BCUT2D eigenvalue weighted by Crippen LogP contribution is -2.17. The third-order valence-electron chi connectivity index (χ3n) is 3.15. The van der Waals surface area contributed by atoms with Crippen LogP contribution >= 0.6 is 22.7 Å². The Bertz CT molecular complexity index is 540. The van der Waals surface area contributed by atoms with Gasteiger partial charge < -0.3 is 10.6 Å². The fourth-order valence-corrected chi connectivity index (χ4v) is 4.01. The topological polar surface area (TPSA) is 55.0 Å². The van der Waals surface area contributed by atoms with Gasteiger partial charge in [-0.3, -0.25) is 0 Å². The van der Waals surface area contributed by atoms with E-state index >= 15 is 0 Å². The molecule has 1 aliphatic rings. The molecule has 0 radical (unpaired) electrons. The van der Waals surface area contributed by atoms with E-state index < -0.39 is 0 Å². The first kappa shape index (κ1) is 11.9. The predicted molar refractivity (Wildman–Crippen MR) is 78.5 cm³/mol. The minimum Gasteiger partial charge on any atom is -0.375 e. The van der Waals surface area contributed by atoms with Crippen molar-refractivity contribution in [2.75, 3.05) is 23.7 Å². The summed E-state index contributed by atoms with van der Waals surface area (Å²) >= 11 is 3.24. The Hall–Kier alpha value is -1.14. The van der Waals surface area contributed by atoms with Gasteiger partial charge in [-0.2, -0.15) is 0 Å². The molecule has 0 saturated carbocycles. The van der Waals surface area contributed by atoms with Crippen LogP contribution in [0.2, 0.25) is 0 Å². The number of hydrogen-bond acceptors (Lipinski definition) is 6. The van der Waals surface area contributed by atoms with Crippen LogP contribution < -0.4 is 10.6 Å². The first-order chi connectivity index (χ1) is 8.78. The van der Waals surface area contributed by atoms with Crippen molar-refractivity contribution < 1.29 is 0 Å². The number of nitrogens with two attached hydrogens (primary N) is 1. The third-order valence-corrected chi connectivity index (χ3v) is 5.01. The highest BCUT2D eigenvalue weighted by Crippen LogP contribution is 2.37. The highest BCUT2D eigenvalue weighted by Gasteiger charge is 2.20. The van der Waals surface area contributed by atoms with Crippen molar-refractivity contribution in [3.05, 3.63) is 11.1 Å². The Labute approximate surface area is 114 Å². The number of nitrogens with zero attached hydrogens (tertiary/aromatic N) is 3. The van der Waals surface area contributed by atoms with E-state index in [1.807, 2.05) is 5.38 Å². The monoisotopic (exact) mass is 280 g/mol. The number of rotatable bonds is 3. The van der Waals surface area contributed by atoms with Crippen molar-refractivity contribution >= 4 is 32.9 Å². The Morgan fingerprint density at radius 1 is 1.33 bits per heavy atom. The van der Waals surface area contributed by atoms with Crippen LogP contribution in [0.25, 0.3) is 10.6 Å². The molecule has 2 aromatic rings. The molecular formula is C12H16N4S2. The summed E-state index contributed by atoms with van der Waals surface area (Å²) in [7, 11) is 0. The van der Waals surface area contributed by atoms with Crippen LogP contribution in [0.15, 0.2) is 5.38 Å². The fraction of sp³-hybridized carbons (Fsp3) is 0.500. The highest BCUT2D eigenvalue weighted by atomic mass is 32.1. The molecule has 4 nitrogen and oxygen atoms in total. The van der Waals surface area contributed by atoms with Crippen molar-refractivity contribution in [3.8, 4) is 10.6 Å². The van der Waals surface area contributed by atoms with Gasteiger partial charge in [0.25, 0.3) is 0 Å². The average molecular weight is 280 g/mol. The van der Waals surface area contributed by atoms with Crippen LogP contribution in [0.5, 0.6) is 0 Å². The summed E-state index contributed by atoms with van der Waals surface area (Å²) in [5, 5.41) is 3.80. The van der Waals surface area contributed by atoms with Gasteiger partial charge >= 0.3 is 0 Å². The zero-order valence-corrected chi connectivity index (χ0v) is 12.0. The van der Waals surface area contributed by atoms with Gasteiger partial charge in [0.15, 0.2) is 10.3 Å². The van der Waals surface area contributed by atoms with E-state index in [0.717, 1.165) is 36.0 Å². The van der Waals surface area contributed by atoms with E-state index in [0.29, 0.717) is 5.13 Å². The molecule has 1 saturated heterocycles. The molecule has 3 heterocycles. The van der Waals surface area contributed by atoms with E-state index in [-0.39, 0.29) is 0 Å². The molecule has 1 aliphatic heterocycles. The van der Waals surface area contributed by atoms with Gasteiger partial charge in [0.05, 0.1) is 16.3 Å². The zero-order valence-electron chi connectivity index (χ0n) is 10.3. The van der Waals surface area contributed by atoms with E-state index in [1.54, 1.807) is 11.3 Å². The van der Waals surface area contributed by atoms with Gasteiger partial charge in [0.2, 0.25) is 0 Å². The zero-order chi connectivity index (χ0) is 12.5. The summed E-state index contributed by atoms with van der Waals surface area (Å²) in [5.41, 5.74) is 7.85. The molecule has 2 aromatic heterocycles. The second kappa shape index (κ2) is 4.85. The maximum Gasteiger partial charge on any atom is 0.186 e. The number of aromatic nitrogens is 2. The van der Waals surface area contributed by atoms with Crippen LogP contribution in [-0.4, -0.2) is 23.1 Å². The molecule has 96 valence electrons. The second-order valence-corrected chi connectivity index (χ2v) is 6.26. The largest absolute Gasteiger partial charge is 0.375 e. The van der Waals surface area contributed by atoms with Crippen molar-refractivity contribution in [1.82, 2.24) is 9.97 Å². The lowest BCUT2D eigenvalue weighted by molar-refractivity contribution is 0.941. The van der Waals surface area contributed by atoms with Gasteiger partial charge in [-0.25, -0.2) is 9.97 Å². The minimum absolute atomic E-state index is 0.628. The first-order valence-electron chi connectivity index (χ1n) is 6.24. The quantitative estimate of drug-likeness (QED) is 0.939. The molecule has 1 fully saturated rings. The minimum atomic E-state index is 0.628. The summed E-state index contributed by atoms with van der Waals surface area (Å²) in [6, 6.07) is 0. The smallest absolute Gasteiger partial charge is 0.186 e. The van der Waals surface area contributed by atoms with Gasteiger partial charge in [0.1, 0.15) is 0 Å². The van der Waals surface area contributed by atoms with Gasteiger partial charge in [-0.05, 0) is 19.3 Å². The van der Waals surface area contributed by atoms with Crippen LogP contribution in [0.1, 0.15) is 25.5 Å². The normalized spacial score (nSPS) is 15.5. The highest BCUT2D eigenvalue weighted by molar-refractivity contribution is 7.19. The average Bonchev–Trinajstić information content (AvgIpc) is 3.07. The van der Waals surface area contributed by atoms with Crippen LogP contribution in [0.3, 0.4) is 0 Å². The fourth-order valence-electron chi connectivity index (χ4n) is 2.21. The first-order valence-corrected chi connectivity index (χ1v) is 7.93. The Morgan fingerprint density at radius 3 is 2.72 bits per heavy atom. The summed E-state index contributed by atoms with van der Waals surface area (Å²) < 4.78 is 0. The van der Waals surface area contributed by atoms with Crippen molar-refractivity contribution in [2.24, 2.45) is 0 Å². The molecule has 0 unspecified atom stereocenters. The SMILES string of the molecule is CCc1nc(N2CCCC2)sc1-c1csc(N)n1. The van der Waals surface area contributed by atoms with Gasteiger partial charge in [0, 0.05) is 18.5 Å². The van der Waals surface area contributed by atoms with E-state index in [2.05, 4.69) is 16.8 Å². The van der Waals surface area contributed by atoms with Crippen molar-refractivity contribution in [2.45, 2.75) is 26.2 Å². The van der Waals surface area contributed by atoms with Crippen LogP contribution in [0, 0.1) is 0 Å². The van der Waals surface area contributed by atoms with E-state index in [4.69, 9.17) is 10.7 Å². The lowest BCUT2D eigenvalue weighted by Gasteiger charge is -2.12. The molecule has 18 heavy (non-hydrogen) atoms. The number of nitrogen functional groups attached to an aromatic ring is 1. The van der Waals surface area contributed by atoms with Gasteiger partial charge in [-0.1, -0.05) is 18.3 Å². The molecule has 0 bridgehead atoms. The molecular weight excluding hydrogens is 264 g/mol. The third kappa shape index (κ3) is 2.10.